The molecule has 2 aromatic carbocycles. The van der Waals surface area contributed by atoms with Crippen LogP contribution in [0.1, 0.15) is 79.6 Å². The molecule has 0 fully saturated rings. The number of benzene rings is 2. The first-order chi connectivity index (χ1) is 15.6. The summed E-state index contributed by atoms with van der Waals surface area (Å²) < 4.78 is 14.6. The Hall–Kier alpha value is -1.21. The molecule has 0 bridgehead atoms. The summed E-state index contributed by atoms with van der Waals surface area (Å²) in [6.45, 7) is 11.5. The van der Waals surface area contributed by atoms with Crippen LogP contribution in [0.15, 0.2) is 60.7 Å². The Kier molecular flexibility index (Phi) is 12.0. The monoisotopic (exact) mass is 470 g/mol. The van der Waals surface area contributed by atoms with Gasteiger partial charge in [0.25, 0.3) is 0 Å². The Labute approximate surface area is 200 Å². The van der Waals surface area contributed by atoms with Gasteiger partial charge in [0.15, 0.2) is 8.32 Å². The molecule has 0 aliphatic heterocycles. The highest BCUT2D eigenvalue weighted by atomic mass is 28.4. The highest BCUT2D eigenvalue weighted by molar-refractivity contribution is 6.98. The molecule has 4 heteroatoms. The Balaban J connectivity index is 2.36. The van der Waals surface area contributed by atoms with Crippen LogP contribution in [-0.2, 0) is 8.54 Å². The molecular formula is C28H46O2Si2. The predicted octanol–water partition coefficient (Wildman–Crippen LogP) is 7.42. The van der Waals surface area contributed by atoms with Crippen LogP contribution in [-0.4, -0.2) is 23.0 Å². The van der Waals surface area contributed by atoms with Crippen molar-refractivity contribution in [3.63, 3.8) is 0 Å². The molecule has 0 amide bonds. The van der Waals surface area contributed by atoms with Gasteiger partial charge in [-0.3, -0.25) is 0 Å². The first kappa shape index (κ1) is 27.0. The number of unbranched alkanes of at least 4 members (excludes halogenated alkanes) is 5. The van der Waals surface area contributed by atoms with E-state index in [1.807, 2.05) is 0 Å². The van der Waals surface area contributed by atoms with Gasteiger partial charge in [0.05, 0.1) is 0 Å². The third-order valence-electron chi connectivity index (χ3n) is 6.93. The molecule has 0 N–H and O–H groups in total. The topological polar surface area (TPSA) is 18.5 Å². The van der Waals surface area contributed by atoms with Crippen LogP contribution in [0, 0.1) is 0 Å². The van der Waals surface area contributed by atoms with Crippen molar-refractivity contribution < 1.29 is 8.54 Å². The molecule has 0 aromatic heterocycles. The lowest BCUT2D eigenvalue weighted by molar-refractivity contribution is 0.167. The second kappa shape index (κ2) is 14.1. The maximum absolute atomic E-state index is 7.43. The normalized spacial score (nSPS) is 13.3. The van der Waals surface area contributed by atoms with Gasteiger partial charge in [-0.05, 0) is 41.9 Å². The summed E-state index contributed by atoms with van der Waals surface area (Å²) in [5.41, 5.74) is 0. The van der Waals surface area contributed by atoms with E-state index in [0.29, 0.717) is 0 Å². The fourth-order valence-electron chi connectivity index (χ4n) is 4.59. The molecule has 178 valence electrons. The van der Waals surface area contributed by atoms with Gasteiger partial charge in [0, 0.05) is 6.10 Å². The molecule has 0 spiro atoms. The van der Waals surface area contributed by atoms with Crippen LogP contribution >= 0.6 is 0 Å². The third-order valence-corrected chi connectivity index (χ3v) is 16.6. The third kappa shape index (κ3) is 7.41. The lowest BCUT2D eigenvalue weighted by Gasteiger charge is -2.42. The fourth-order valence-corrected chi connectivity index (χ4v) is 13.9. The Morgan fingerprint density at radius 3 is 1.59 bits per heavy atom. The van der Waals surface area contributed by atoms with Crippen molar-refractivity contribution in [2.24, 2.45) is 0 Å². The second-order valence-electron chi connectivity index (χ2n) is 9.18. The minimum absolute atomic E-state index is 0.186. The molecule has 0 aliphatic rings. The summed E-state index contributed by atoms with van der Waals surface area (Å²) in [5, 5.41) is 2.49. The van der Waals surface area contributed by atoms with Crippen LogP contribution in [0.2, 0.25) is 18.1 Å². The average Bonchev–Trinajstić information content (AvgIpc) is 2.85. The van der Waals surface area contributed by atoms with Crippen LogP contribution in [0.25, 0.3) is 0 Å². The molecule has 0 saturated heterocycles. The first-order valence-electron chi connectivity index (χ1n) is 13.0. The van der Waals surface area contributed by atoms with Gasteiger partial charge in [-0.15, -0.1) is 0 Å². The Bertz CT molecular complexity index is 684. The van der Waals surface area contributed by atoms with Crippen LogP contribution in [0.4, 0.5) is 0 Å². The highest BCUT2D eigenvalue weighted by Crippen LogP contribution is 2.28. The molecule has 0 saturated carbocycles. The molecule has 2 nitrogen and oxygen atoms in total. The molecule has 2 aromatic rings. The van der Waals surface area contributed by atoms with Gasteiger partial charge >= 0.3 is 8.56 Å². The Morgan fingerprint density at radius 2 is 1.12 bits per heavy atom. The first-order valence-corrected chi connectivity index (χ1v) is 17.4. The molecular weight excluding hydrogens is 424 g/mol. The average molecular weight is 471 g/mol. The van der Waals surface area contributed by atoms with E-state index in [0.717, 1.165) is 24.6 Å². The van der Waals surface area contributed by atoms with E-state index in [4.69, 9.17) is 8.54 Å². The number of hydrogen-bond acceptors (Lipinski definition) is 2. The molecule has 0 aliphatic carbocycles. The minimum Gasteiger partial charge on any atom is -0.429 e. The zero-order valence-electron chi connectivity index (χ0n) is 21.2. The summed E-state index contributed by atoms with van der Waals surface area (Å²) in [4.78, 5) is 0. The zero-order valence-corrected chi connectivity index (χ0v) is 23.2. The highest BCUT2D eigenvalue weighted by Gasteiger charge is 2.49. The molecule has 0 heterocycles. The van der Waals surface area contributed by atoms with E-state index in [2.05, 4.69) is 95.3 Å². The van der Waals surface area contributed by atoms with Crippen LogP contribution in [0.5, 0.6) is 0 Å². The predicted molar refractivity (Wildman–Crippen MR) is 145 cm³/mol. The van der Waals surface area contributed by atoms with Crippen molar-refractivity contribution in [1.29, 1.82) is 0 Å². The molecule has 2 rings (SSSR count). The summed E-state index contributed by atoms with van der Waals surface area (Å²) >= 11 is 0. The maximum Gasteiger partial charge on any atom is 0.397 e. The van der Waals surface area contributed by atoms with Gasteiger partial charge in [-0.1, -0.05) is 127 Å². The lowest BCUT2D eigenvalue weighted by Crippen LogP contribution is -2.68. The fraction of sp³-hybridized carbons (Fsp3) is 0.571. The van der Waals surface area contributed by atoms with Crippen LogP contribution < -0.4 is 10.4 Å². The molecule has 32 heavy (non-hydrogen) atoms. The number of rotatable bonds is 16. The summed E-state index contributed by atoms with van der Waals surface area (Å²) in [6.07, 6.45) is 9.18. The van der Waals surface area contributed by atoms with E-state index in [-0.39, 0.29) is 6.10 Å². The number of hydrogen-bond donors (Lipinski definition) is 0. The van der Waals surface area contributed by atoms with Gasteiger partial charge in [-0.25, -0.2) is 0 Å². The van der Waals surface area contributed by atoms with Crippen molar-refractivity contribution in [2.45, 2.75) is 104 Å². The summed E-state index contributed by atoms with van der Waals surface area (Å²) in [6, 6.07) is 25.1. The second-order valence-corrected chi connectivity index (χ2v) is 17.1. The SMILES string of the molecule is CCCCCCCCC(C)O[Si](O[Si](CC)(CC)CC)(c1ccccc1)c1ccccc1. The van der Waals surface area contributed by atoms with Crippen molar-refractivity contribution >= 4 is 27.3 Å². The maximum atomic E-state index is 7.43. The van der Waals surface area contributed by atoms with E-state index in [9.17, 15) is 0 Å². The molecule has 1 unspecified atom stereocenters. The Morgan fingerprint density at radius 1 is 0.656 bits per heavy atom. The van der Waals surface area contributed by atoms with Gasteiger partial charge in [-0.2, -0.15) is 0 Å². The largest absolute Gasteiger partial charge is 0.429 e. The zero-order chi connectivity index (χ0) is 23.3. The molecule has 1 atom stereocenters. The van der Waals surface area contributed by atoms with E-state index >= 15 is 0 Å². The van der Waals surface area contributed by atoms with Crippen molar-refractivity contribution in [2.75, 3.05) is 0 Å². The standard InChI is InChI=1S/C28H46O2Si2/c1-6-10-11-12-13-16-21-26(5)29-32(27-22-17-14-18-23-27,28-24-19-15-20-25-28)30-31(7-2,8-3)9-4/h14-15,17-20,22-26H,6-13,16,21H2,1-5H3. The van der Waals surface area contributed by atoms with Gasteiger partial charge in [0.1, 0.15) is 0 Å². The van der Waals surface area contributed by atoms with E-state index < -0.39 is 16.9 Å². The molecule has 0 radical (unpaired) electrons. The quantitative estimate of drug-likeness (QED) is 0.188. The smallest absolute Gasteiger partial charge is 0.397 e. The minimum atomic E-state index is -2.83. The van der Waals surface area contributed by atoms with E-state index in [1.165, 1.54) is 48.9 Å². The summed E-state index contributed by atoms with van der Waals surface area (Å²) in [5.74, 6) is 0. The lowest BCUT2D eigenvalue weighted by atomic mass is 10.1. The van der Waals surface area contributed by atoms with Crippen molar-refractivity contribution in [1.82, 2.24) is 0 Å². The van der Waals surface area contributed by atoms with Crippen molar-refractivity contribution in [3.05, 3.63) is 60.7 Å². The summed E-state index contributed by atoms with van der Waals surface area (Å²) in [7, 11) is -4.73. The van der Waals surface area contributed by atoms with E-state index in [1.54, 1.807) is 0 Å². The van der Waals surface area contributed by atoms with Crippen LogP contribution in [0.3, 0.4) is 0 Å². The van der Waals surface area contributed by atoms with Gasteiger partial charge < -0.3 is 8.54 Å². The van der Waals surface area contributed by atoms with Crippen molar-refractivity contribution in [3.8, 4) is 0 Å². The van der Waals surface area contributed by atoms with Gasteiger partial charge in [0.2, 0.25) is 0 Å².